The van der Waals surface area contributed by atoms with Crippen molar-refractivity contribution in [2.24, 2.45) is 0 Å². The van der Waals surface area contributed by atoms with Crippen LogP contribution >= 0.6 is 0 Å². The van der Waals surface area contributed by atoms with Crippen LogP contribution in [-0.2, 0) is 4.79 Å². The fourth-order valence-corrected chi connectivity index (χ4v) is 2.42. The van der Waals surface area contributed by atoms with Crippen LogP contribution in [0.3, 0.4) is 0 Å². The first-order valence-electron chi connectivity index (χ1n) is 6.34. The summed E-state index contributed by atoms with van der Waals surface area (Å²) in [4.78, 5) is 13.1. The third kappa shape index (κ3) is 2.89. The van der Waals surface area contributed by atoms with Crippen molar-refractivity contribution >= 4 is 5.91 Å². The van der Waals surface area contributed by atoms with Gasteiger partial charge in [-0.05, 0) is 49.1 Å². The monoisotopic (exact) mass is 265 g/mol. The van der Waals surface area contributed by atoms with Crippen LogP contribution in [0.5, 0.6) is 5.75 Å². The maximum absolute atomic E-state index is 11.5. The number of aliphatic hydroxyl groups excluding tert-OH is 1. The highest BCUT2D eigenvalue weighted by Gasteiger charge is 2.23. The van der Waals surface area contributed by atoms with Crippen molar-refractivity contribution in [3.05, 3.63) is 28.3 Å². The number of aliphatic hydroxyl groups is 1. The van der Waals surface area contributed by atoms with Crippen molar-refractivity contribution < 1.29 is 14.6 Å². The van der Waals surface area contributed by atoms with Crippen LogP contribution < -0.4 is 4.74 Å². The summed E-state index contributed by atoms with van der Waals surface area (Å²) in [6.07, 6.45) is 0. The van der Waals surface area contributed by atoms with Gasteiger partial charge in [-0.15, -0.1) is 0 Å². The lowest BCUT2D eigenvalue weighted by atomic mass is 9.91. The molecule has 0 bridgehead atoms. The van der Waals surface area contributed by atoms with Crippen LogP contribution in [-0.4, -0.2) is 36.7 Å². The van der Waals surface area contributed by atoms with Gasteiger partial charge in [0.05, 0.1) is 19.8 Å². The molecule has 0 heterocycles. The number of hydrogen-bond acceptors (Lipinski definition) is 3. The van der Waals surface area contributed by atoms with Gasteiger partial charge in [-0.2, -0.15) is 0 Å². The Balaban J connectivity index is 3.40. The van der Waals surface area contributed by atoms with E-state index in [0.717, 1.165) is 28.0 Å². The zero-order valence-corrected chi connectivity index (χ0v) is 12.6. The fourth-order valence-electron chi connectivity index (χ4n) is 2.42. The maximum Gasteiger partial charge on any atom is 0.219 e. The molecule has 1 aromatic rings. The van der Waals surface area contributed by atoms with Gasteiger partial charge in [-0.25, -0.2) is 0 Å². The molecule has 0 saturated carbocycles. The van der Waals surface area contributed by atoms with E-state index in [9.17, 15) is 9.90 Å². The summed E-state index contributed by atoms with van der Waals surface area (Å²) in [5.74, 6) is 0.771. The molecule has 0 aliphatic carbocycles. The van der Waals surface area contributed by atoms with Gasteiger partial charge in [0.2, 0.25) is 5.91 Å². The van der Waals surface area contributed by atoms with Crippen molar-refractivity contribution in [3.8, 4) is 5.75 Å². The summed E-state index contributed by atoms with van der Waals surface area (Å²) in [6, 6.07) is 1.64. The van der Waals surface area contributed by atoms with Crippen LogP contribution in [0.1, 0.15) is 35.2 Å². The van der Waals surface area contributed by atoms with E-state index in [-0.39, 0.29) is 18.6 Å². The zero-order valence-electron chi connectivity index (χ0n) is 12.6. The van der Waals surface area contributed by atoms with E-state index in [4.69, 9.17) is 4.74 Å². The Morgan fingerprint density at radius 1 is 1.37 bits per heavy atom. The molecule has 106 valence electrons. The molecule has 1 atom stereocenters. The third-order valence-corrected chi connectivity index (χ3v) is 3.80. The quantitative estimate of drug-likeness (QED) is 0.907. The lowest BCUT2D eigenvalue weighted by molar-refractivity contribution is -0.130. The molecule has 0 radical (unpaired) electrons. The minimum atomic E-state index is -0.317. The molecular formula is C15H23NO3. The summed E-state index contributed by atoms with van der Waals surface area (Å²) in [7, 11) is 3.35. The first-order chi connectivity index (χ1) is 8.84. The predicted molar refractivity (Wildman–Crippen MR) is 75.5 cm³/mol. The van der Waals surface area contributed by atoms with Crippen LogP contribution in [0.15, 0.2) is 6.07 Å². The summed E-state index contributed by atoms with van der Waals surface area (Å²) < 4.78 is 5.34. The number of amides is 1. The third-order valence-electron chi connectivity index (χ3n) is 3.80. The Bertz CT molecular complexity index is 483. The number of likely N-dealkylation sites (N-methyl/N-ethyl adjacent to an activating group) is 1. The van der Waals surface area contributed by atoms with Crippen molar-refractivity contribution in [3.63, 3.8) is 0 Å². The van der Waals surface area contributed by atoms with Crippen LogP contribution in [0.25, 0.3) is 0 Å². The largest absolute Gasteiger partial charge is 0.496 e. The van der Waals surface area contributed by atoms with Crippen LogP contribution in [0.2, 0.25) is 0 Å². The maximum atomic E-state index is 11.5. The molecule has 0 fully saturated rings. The first kappa shape index (κ1) is 15.5. The molecule has 1 N–H and O–H groups in total. The summed E-state index contributed by atoms with van der Waals surface area (Å²) in [5, 5.41) is 9.64. The Hall–Kier alpha value is -1.55. The standard InChI is InChI=1S/C15H23NO3/c1-9-7-14(19-6)10(2)11(3)15(9)13(8-17)16(5)12(4)18/h7,13,17H,8H2,1-6H3. The number of benzene rings is 1. The fraction of sp³-hybridized carbons (Fsp3) is 0.533. The smallest absolute Gasteiger partial charge is 0.219 e. The second-order valence-corrected chi connectivity index (χ2v) is 4.89. The SMILES string of the molecule is COc1cc(C)c(C(CO)N(C)C(C)=O)c(C)c1C. The Morgan fingerprint density at radius 3 is 2.37 bits per heavy atom. The van der Waals surface area contributed by atoms with Crippen LogP contribution in [0, 0.1) is 20.8 Å². The molecule has 19 heavy (non-hydrogen) atoms. The molecule has 0 aliphatic heterocycles. The van der Waals surface area contributed by atoms with Gasteiger partial charge in [-0.1, -0.05) is 0 Å². The van der Waals surface area contributed by atoms with E-state index in [1.807, 2.05) is 26.8 Å². The number of methoxy groups -OCH3 is 1. The molecular weight excluding hydrogens is 242 g/mol. The number of ether oxygens (including phenoxy) is 1. The van der Waals surface area contributed by atoms with E-state index < -0.39 is 0 Å². The topological polar surface area (TPSA) is 49.8 Å². The highest BCUT2D eigenvalue weighted by molar-refractivity contribution is 5.73. The van der Waals surface area contributed by atoms with E-state index in [2.05, 4.69) is 0 Å². The molecule has 1 aromatic carbocycles. The van der Waals surface area contributed by atoms with Crippen LogP contribution in [0.4, 0.5) is 0 Å². The number of carbonyl (C=O) groups excluding carboxylic acids is 1. The molecule has 0 aliphatic rings. The first-order valence-corrected chi connectivity index (χ1v) is 6.34. The minimum Gasteiger partial charge on any atom is -0.496 e. The van der Waals surface area contributed by atoms with Gasteiger partial charge in [0, 0.05) is 14.0 Å². The molecule has 1 unspecified atom stereocenters. The molecule has 4 nitrogen and oxygen atoms in total. The van der Waals surface area contributed by atoms with Gasteiger partial charge in [0.25, 0.3) is 0 Å². The van der Waals surface area contributed by atoms with E-state index in [1.165, 1.54) is 6.92 Å². The van der Waals surface area contributed by atoms with E-state index in [1.54, 1.807) is 19.1 Å². The van der Waals surface area contributed by atoms with Gasteiger partial charge >= 0.3 is 0 Å². The summed E-state index contributed by atoms with van der Waals surface area (Å²) in [5.41, 5.74) is 4.12. The van der Waals surface area contributed by atoms with Crippen molar-refractivity contribution in [1.29, 1.82) is 0 Å². The Kier molecular flexibility index (Phi) is 4.95. The zero-order chi connectivity index (χ0) is 14.7. The lowest BCUT2D eigenvalue weighted by Crippen LogP contribution is -2.32. The average molecular weight is 265 g/mol. The molecule has 1 amide bonds. The minimum absolute atomic E-state index is 0.0636. The normalized spacial score (nSPS) is 12.2. The van der Waals surface area contributed by atoms with Crippen molar-refractivity contribution in [2.75, 3.05) is 20.8 Å². The number of hydrogen-bond donors (Lipinski definition) is 1. The van der Waals surface area contributed by atoms with Gasteiger partial charge < -0.3 is 14.7 Å². The number of aryl methyl sites for hydroxylation is 1. The second kappa shape index (κ2) is 6.06. The molecule has 1 rings (SSSR count). The predicted octanol–water partition coefficient (Wildman–Crippen LogP) is 2.13. The highest BCUT2D eigenvalue weighted by atomic mass is 16.5. The van der Waals surface area contributed by atoms with Gasteiger partial charge in [0.1, 0.15) is 5.75 Å². The van der Waals surface area contributed by atoms with E-state index in [0.29, 0.717) is 0 Å². The van der Waals surface area contributed by atoms with Gasteiger partial charge in [0.15, 0.2) is 0 Å². The average Bonchev–Trinajstić information content (AvgIpc) is 2.37. The highest BCUT2D eigenvalue weighted by Crippen LogP contribution is 2.33. The molecule has 0 aromatic heterocycles. The lowest BCUT2D eigenvalue weighted by Gasteiger charge is -2.29. The number of rotatable bonds is 4. The van der Waals surface area contributed by atoms with Gasteiger partial charge in [-0.3, -0.25) is 4.79 Å². The van der Waals surface area contributed by atoms with E-state index >= 15 is 0 Å². The molecule has 0 spiro atoms. The van der Waals surface area contributed by atoms with Crippen molar-refractivity contribution in [1.82, 2.24) is 4.90 Å². The van der Waals surface area contributed by atoms with Crippen molar-refractivity contribution in [2.45, 2.75) is 33.7 Å². The second-order valence-electron chi connectivity index (χ2n) is 4.89. The number of nitrogens with zero attached hydrogens (tertiary/aromatic N) is 1. The molecule has 0 saturated heterocycles. The number of carbonyl (C=O) groups is 1. The Morgan fingerprint density at radius 2 is 1.95 bits per heavy atom. The molecule has 4 heteroatoms. The summed E-state index contributed by atoms with van der Waals surface area (Å²) >= 11 is 0. The summed E-state index contributed by atoms with van der Waals surface area (Å²) in [6.45, 7) is 7.37. The Labute approximate surface area is 115 Å².